The Morgan fingerprint density at radius 1 is 1.39 bits per heavy atom. The number of allylic oxidation sites excluding steroid dienone is 1. The number of hydrogen-bond acceptors (Lipinski definition) is 3. The van der Waals surface area contributed by atoms with Gasteiger partial charge in [-0.1, -0.05) is 24.1 Å². The first kappa shape index (κ1) is 13.5. The van der Waals surface area contributed by atoms with Gasteiger partial charge in [0.15, 0.2) is 6.10 Å². The van der Waals surface area contributed by atoms with Crippen LogP contribution in [0.25, 0.3) is 0 Å². The minimum atomic E-state index is -1.19. The van der Waals surface area contributed by atoms with Crippen LogP contribution in [0.1, 0.15) is 27.6 Å². The quantitative estimate of drug-likeness (QED) is 0.500. The van der Waals surface area contributed by atoms with Crippen molar-refractivity contribution in [1.29, 1.82) is 0 Å². The molecule has 0 heterocycles. The fraction of sp³-hybridized carbons (Fsp3) is 0.143. The molecule has 0 amide bonds. The average molecular weight is 244 g/mol. The first-order chi connectivity index (χ1) is 8.60. The van der Waals surface area contributed by atoms with Crippen LogP contribution in [0.5, 0.6) is 0 Å². The number of ether oxygens (including phenoxy) is 1. The number of carboxylic acids is 1. The summed E-state index contributed by atoms with van der Waals surface area (Å²) in [4.78, 5) is 22.7. The van der Waals surface area contributed by atoms with Crippen molar-refractivity contribution >= 4 is 11.9 Å². The van der Waals surface area contributed by atoms with E-state index in [0.29, 0.717) is 0 Å². The third-order valence-electron chi connectivity index (χ3n) is 2.14. The number of hydrogen-bond donors (Lipinski definition) is 1. The van der Waals surface area contributed by atoms with E-state index in [2.05, 4.69) is 5.92 Å². The largest absolute Gasteiger partial charge is 0.478 e. The van der Waals surface area contributed by atoms with E-state index in [-0.39, 0.29) is 11.1 Å². The molecule has 18 heavy (non-hydrogen) atoms. The maximum atomic E-state index is 11.8. The van der Waals surface area contributed by atoms with E-state index in [1.54, 1.807) is 19.1 Å². The maximum Gasteiger partial charge on any atom is 0.340 e. The Bertz CT molecular complexity index is 523. The molecule has 0 saturated carbocycles. The van der Waals surface area contributed by atoms with Gasteiger partial charge in [0.05, 0.1) is 11.1 Å². The molecule has 1 rings (SSSR count). The number of carbonyl (C=O) groups excluding carboxylic acids is 1. The summed E-state index contributed by atoms with van der Waals surface area (Å²) in [5.74, 6) is 0.330. The predicted molar refractivity (Wildman–Crippen MR) is 66.3 cm³/mol. The summed E-state index contributed by atoms with van der Waals surface area (Å²) < 4.78 is 4.99. The minimum Gasteiger partial charge on any atom is -0.478 e. The molecule has 0 aliphatic heterocycles. The summed E-state index contributed by atoms with van der Waals surface area (Å²) in [7, 11) is 0. The highest BCUT2D eigenvalue weighted by Gasteiger charge is 2.18. The summed E-state index contributed by atoms with van der Waals surface area (Å²) in [5, 5.41) is 8.95. The molecule has 1 aromatic carbocycles. The third kappa shape index (κ3) is 3.22. The molecular weight excluding hydrogens is 232 g/mol. The van der Waals surface area contributed by atoms with Gasteiger partial charge in [0, 0.05) is 0 Å². The van der Waals surface area contributed by atoms with E-state index >= 15 is 0 Å². The number of rotatable bonds is 4. The van der Waals surface area contributed by atoms with Crippen molar-refractivity contribution in [2.75, 3.05) is 0 Å². The van der Waals surface area contributed by atoms with Crippen LogP contribution in [-0.4, -0.2) is 23.1 Å². The highest BCUT2D eigenvalue weighted by Crippen LogP contribution is 2.11. The van der Waals surface area contributed by atoms with Crippen LogP contribution in [0, 0.1) is 12.3 Å². The van der Waals surface area contributed by atoms with E-state index in [0.717, 1.165) is 0 Å². The standard InChI is InChI=1S/C14H12O4/c1-3-7-10(4-2)18-14(17)12-9-6-5-8-11(12)13(15)16/h2-3,5-10H,1H3,(H,15,16)/b7-3+/t10-/m1/s1. The van der Waals surface area contributed by atoms with Gasteiger partial charge in [-0.3, -0.25) is 0 Å². The van der Waals surface area contributed by atoms with Gasteiger partial charge in [-0.2, -0.15) is 0 Å². The second-order valence-corrected chi connectivity index (χ2v) is 3.37. The van der Waals surface area contributed by atoms with E-state index < -0.39 is 18.0 Å². The number of esters is 1. The molecule has 0 fully saturated rings. The molecule has 0 aliphatic carbocycles. The molecular formula is C14H12O4. The summed E-state index contributed by atoms with van der Waals surface area (Å²) in [5.41, 5.74) is -0.131. The van der Waals surface area contributed by atoms with Crippen LogP contribution in [-0.2, 0) is 4.74 Å². The number of terminal acetylenes is 1. The van der Waals surface area contributed by atoms with Gasteiger partial charge in [-0.15, -0.1) is 6.42 Å². The molecule has 1 aromatic rings. The summed E-state index contributed by atoms with van der Waals surface area (Å²) in [6.07, 6.45) is 7.57. The molecule has 0 spiro atoms. The van der Waals surface area contributed by atoms with E-state index in [1.807, 2.05) is 0 Å². The molecule has 0 radical (unpaired) electrons. The first-order valence-electron chi connectivity index (χ1n) is 5.22. The zero-order valence-corrected chi connectivity index (χ0v) is 9.79. The Morgan fingerprint density at radius 2 is 2.00 bits per heavy atom. The number of benzene rings is 1. The lowest BCUT2D eigenvalue weighted by molar-refractivity contribution is 0.0465. The lowest BCUT2D eigenvalue weighted by Crippen LogP contribution is -2.17. The Labute approximate surface area is 105 Å². The minimum absolute atomic E-state index is 0.0187. The van der Waals surface area contributed by atoms with Gasteiger partial charge in [0.1, 0.15) is 0 Å². The van der Waals surface area contributed by atoms with Crippen LogP contribution in [0.3, 0.4) is 0 Å². The van der Waals surface area contributed by atoms with Crippen LogP contribution >= 0.6 is 0 Å². The van der Waals surface area contributed by atoms with E-state index in [1.165, 1.54) is 24.3 Å². The van der Waals surface area contributed by atoms with E-state index in [4.69, 9.17) is 16.3 Å². The highest BCUT2D eigenvalue weighted by molar-refractivity contribution is 6.02. The third-order valence-corrected chi connectivity index (χ3v) is 2.14. The molecule has 0 aromatic heterocycles. The first-order valence-corrected chi connectivity index (χ1v) is 5.22. The number of carbonyl (C=O) groups is 2. The lowest BCUT2D eigenvalue weighted by atomic mass is 10.1. The second-order valence-electron chi connectivity index (χ2n) is 3.37. The van der Waals surface area contributed by atoms with Crippen molar-refractivity contribution < 1.29 is 19.4 Å². The molecule has 4 nitrogen and oxygen atoms in total. The van der Waals surface area contributed by atoms with Crippen LogP contribution in [0.15, 0.2) is 36.4 Å². The molecule has 0 unspecified atom stereocenters. The van der Waals surface area contributed by atoms with E-state index in [9.17, 15) is 9.59 Å². The van der Waals surface area contributed by atoms with Crippen molar-refractivity contribution in [3.05, 3.63) is 47.5 Å². The summed E-state index contributed by atoms with van der Waals surface area (Å²) >= 11 is 0. The van der Waals surface area contributed by atoms with Crippen LogP contribution in [0.4, 0.5) is 0 Å². The Balaban J connectivity index is 2.98. The van der Waals surface area contributed by atoms with Gasteiger partial charge in [0.2, 0.25) is 0 Å². The smallest absolute Gasteiger partial charge is 0.340 e. The molecule has 0 saturated heterocycles. The van der Waals surface area contributed by atoms with Gasteiger partial charge in [-0.05, 0) is 25.1 Å². The van der Waals surface area contributed by atoms with Gasteiger partial charge in [0.25, 0.3) is 0 Å². The SMILES string of the molecule is C#C[C@H](/C=C/C)OC(=O)c1ccccc1C(=O)O. The fourth-order valence-corrected chi connectivity index (χ4v) is 1.33. The zero-order valence-electron chi connectivity index (χ0n) is 9.79. The van der Waals surface area contributed by atoms with Crippen LogP contribution in [0.2, 0.25) is 0 Å². The van der Waals surface area contributed by atoms with Crippen molar-refractivity contribution in [2.45, 2.75) is 13.0 Å². The molecule has 0 aliphatic rings. The maximum absolute atomic E-state index is 11.8. The Morgan fingerprint density at radius 3 is 2.50 bits per heavy atom. The van der Waals surface area contributed by atoms with Crippen molar-refractivity contribution in [3.8, 4) is 12.3 Å². The lowest BCUT2D eigenvalue weighted by Gasteiger charge is -2.09. The van der Waals surface area contributed by atoms with Crippen LogP contribution < -0.4 is 0 Å². The summed E-state index contributed by atoms with van der Waals surface area (Å²) in [6, 6.07) is 5.81. The van der Waals surface area contributed by atoms with Crippen molar-refractivity contribution in [2.24, 2.45) is 0 Å². The monoisotopic (exact) mass is 244 g/mol. The molecule has 0 bridgehead atoms. The second kappa shape index (κ2) is 6.26. The van der Waals surface area contributed by atoms with Gasteiger partial charge < -0.3 is 9.84 Å². The average Bonchev–Trinajstić information content (AvgIpc) is 2.38. The Hall–Kier alpha value is -2.54. The fourth-order valence-electron chi connectivity index (χ4n) is 1.33. The highest BCUT2D eigenvalue weighted by atomic mass is 16.5. The molecule has 1 N–H and O–H groups in total. The number of carboxylic acid groups (broad SMARTS) is 1. The molecule has 92 valence electrons. The topological polar surface area (TPSA) is 63.6 Å². The van der Waals surface area contributed by atoms with Gasteiger partial charge in [-0.25, -0.2) is 9.59 Å². The Kier molecular flexibility index (Phi) is 4.70. The predicted octanol–water partition coefficient (Wildman–Crippen LogP) is 2.12. The van der Waals surface area contributed by atoms with Crippen molar-refractivity contribution in [3.63, 3.8) is 0 Å². The zero-order chi connectivity index (χ0) is 13.5. The summed E-state index contributed by atoms with van der Waals surface area (Å²) in [6.45, 7) is 1.74. The number of aromatic carboxylic acids is 1. The van der Waals surface area contributed by atoms with Crippen molar-refractivity contribution in [1.82, 2.24) is 0 Å². The molecule has 4 heteroatoms. The van der Waals surface area contributed by atoms with Gasteiger partial charge >= 0.3 is 11.9 Å². The molecule has 1 atom stereocenters. The normalized spacial score (nSPS) is 11.8.